The predicted octanol–water partition coefficient (Wildman–Crippen LogP) is 0.564. The zero-order chi connectivity index (χ0) is 8.27. The van der Waals surface area contributed by atoms with E-state index in [0.29, 0.717) is 12.6 Å². The Labute approximate surface area is 67.8 Å². The second kappa shape index (κ2) is 3.72. The molecule has 1 amide bonds. The summed E-state index contributed by atoms with van der Waals surface area (Å²) < 4.78 is 0. The number of rotatable bonds is 2. The molecule has 0 aromatic carbocycles. The maximum absolute atomic E-state index is 11.2. The van der Waals surface area contributed by atoms with E-state index in [9.17, 15) is 4.79 Å². The molecule has 1 fully saturated rings. The van der Waals surface area contributed by atoms with Crippen LogP contribution in [0.15, 0.2) is 0 Å². The molecule has 3 heteroatoms. The van der Waals surface area contributed by atoms with Crippen LogP contribution in [0.25, 0.3) is 0 Å². The van der Waals surface area contributed by atoms with Crippen molar-refractivity contribution in [2.24, 2.45) is 0 Å². The molecule has 1 N–H and O–H groups in total. The van der Waals surface area contributed by atoms with Gasteiger partial charge < -0.3 is 4.90 Å². The van der Waals surface area contributed by atoms with Crippen molar-refractivity contribution in [1.29, 1.82) is 0 Å². The molecule has 0 radical (unpaired) electrons. The third-order valence-electron chi connectivity index (χ3n) is 2.20. The van der Waals surface area contributed by atoms with Gasteiger partial charge in [-0.05, 0) is 19.4 Å². The van der Waals surface area contributed by atoms with E-state index < -0.39 is 0 Å². The van der Waals surface area contributed by atoms with Crippen LogP contribution in [-0.2, 0) is 4.79 Å². The Morgan fingerprint density at radius 2 is 2.45 bits per heavy atom. The van der Waals surface area contributed by atoms with Crippen LogP contribution in [-0.4, -0.2) is 30.6 Å². The van der Waals surface area contributed by atoms with Gasteiger partial charge in [-0.3, -0.25) is 10.1 Å². The Morgan fingerprint density at radius 3 is 2.91 bits per heavy atom. The summed E-state index contributed by atoms with van der Waals surface area (Å²) in [5.41, 5.74) is 0. The van der Waals surface area contributed by atoms with Crippen LogP contribution in [0, 0.1) is 0 Å². The number of hydrogen-bond donors (Lipinski definition) is 1. The van der Waals surface area contributed by atoms with Gasteiger partial charge in [0.05, 0.1) is 6.17 Å². The van der Waals surface area contributed by atoms with Crippen molar-refractivity contribution in [3.05, 3.63) is 0 Å². The molecular weight excluding hydrogens is 140 g/mol. The molecule has 1 saturated heterocycles. The van der Waals surface area contributed by atoms with Crippen molar-refractivity contribution >= 4 is 5.91 Å². The van der Waals surface area contributed by atoms with Gasteiger partial charge in [0.2, 0.25) is 5.91 Å². The Morgan fingerprint density at radius 1 is 1.73 bits per heavy atom. The highest BCUT2D eigenvalue weighted by atomic mass is 16.2. The van der Waals surface area contributed by atoms with Crippen LogP contribution in [0.2, 0.25) is 0 Å². The molecule has 11 heavy (non-hydrogen) atoms. The van der Waals surface area contributed by atoms with Crippen molar-refractivity contribution in [3.8, 4) is 0 Å². The zero-order valence-electron chi connectivity index (χ0n) is 7.26. The highest BCUT2D eigenvalue weighted by Crippen LogP contribution is 2.09. The molecule has 1 unspecified atom stereocenters. The summed E-state index contributed by atoms with van der Waals surface area (Å²) in [6.07, 6.45) is 3.19. The molecule has 1 aliphatic rings. The first kappa shape index (κ1) is 8.53. The first-order valence-corrected chi connectivity index (χ1v) is 4.24. The minimum atomic E-state index is 0.226. The normalized spacial score (nSPS) is 23.6. The van der Waals surface area contributed by atoms with E-state index in [2.05, 4.69) is 5.32 Å². The van der Waals surface area contributed by atoms with Gasteiger partial charge in [0.1, 0.15) is 0 Å². The predicted molar refractivity (Wildman–Crippen MR) is 44.1 cm³/mol. The lowest BCUT2D eigenvalue weighted by atomic mass is 10.3. The van der Waals surface area contributed by atoms with Gasteiger partial charge in [0, 0.05) is 13.5 Å². The fourth-order valence-corrected chi connectivity index (χ4v) is 1.42. The van der Waals surface area contributed by atoms with Crippen LogP contribution in [0.5, 0.6) is 0 Å². The van der Waals surface area contributed by atoms with Gasteiger partial charge in [0.15, 0.2) is 0 Å². The van der Waals surface area contributed by atoms with Crippen LogP contribution in [0.4, 0.5) is 0 Å². The Balaban J connectivity index is 2.39. The number of carbonyl (C=O) groups is 1. The van der Waals surface area contributed by atoms with Gasteiger partial charge >= 0.3 is 0 Å². The van der Waals surface area contributed by atoms with E-state index in [1.54, 1.807) is 0 Å². The molecule has 0 aromatic rings. The molecule has 1 atom stereocenters. The van der Waals surface area contributed by atoms with E-state index in [4.69, 9.17) is 0 Å². The van der Waals surface area contributed by atoms with Crippen LogP contribution in [0.1, 0.15) is 26.2 Å². The summed E-state index contributed by atoms with van der Waals surface area (Å²) in [6, 6.07) is 0. The summed E-state index contributed by atoms with van der Waals surface area (Å²) in [6.45, 7) is 2.94. The Bertz CT molecular complexity index is 141. The topological polar surface area (TPSA) is 32.3 Å². The van der Waals surface area contributed by atoms with Crippen LogP contribution < -0.4 is 5.32 Å². The fourth-order valence-electron chi connectivity index (χ4n) is 1.42. The lowest BCUT2D eigenvalue weighted by Gasteiger charge is -2.23. The minimum absolute atomic E-state index is 0.226. The number of hydrogen-bond acceptors (Lipinski definition) is 2. The lowest BCUT2D eigenvalue weighted by Crippen LogP contribution is -2.42. The molecule has 1 aliphatic heterocycles. The number of amides is 1. The Hall–Kier alpha value is -0.570. The van der Waals surface area contributed by atoms with Gasteiger partial charge in [-0.25, -0.2) is 0 Å². The smallest absolute Gasteiger partial charge is 0.223 e. The molecule has 1 heterocycles. The second-order valence-electron chi connectivity index (χ2n) is 2.97. The van der Waals surface area contributed by atoms with E-state index in [0.717, 1.165) is 13.0 Å². The lowest BCUT2D eigenvalue weighted by molar-refractivity contribution is -0.131. The molecule has 0 spiro atoms. The summed E-state index contributed by atoms with van der Waals surface area (Å²) in [5.74, 6) is 0.226. The first-order chi connectivity index (χ1) is 5.25. The van der Waals surface area contributed by atoms with Crippen molar-refractivity contribution in [3.63, 3.8) is 0 Å². The van der Waals surface area contributed by atoms with E-state index in [1.165, 1.54) is 6.42 Å². The zero-order valence-corrected chi connectivity index (χ0v) is 7.26. The highest BCUT2D eigenvalue weighted by Gasteiger charge is 2.21. The molecule has 0 bridgehead atoms. The van der Waals surface area contributed by atoms with E-state index in [-0.39, 0.29) is 5.91 Å². The average Bonchev–Trinajstić information content (AvgIpc) is 2.53. The third-order valence-corrected chi connectivity index (χ3v) is 2.20. The molecule has 0 aromatic heterocycles. The first-order valence-electron chi connectivity index (χ1n) is 4.24. The number of nitrogens with one attached hydrogen (secondary N) is 1. The maximum Gasteiger partial charge on any atom is 0.223 e. The van der Waals surface area contributed by atoms with Gasteiger partial charge in [-0.15, -0.1) is 0 Å². The van der Waals surface area contributed by atoms with Crippen molar-refractivity contribution in [1.82, 2.24) is 10.2 Å². The Kier molecular flexibility index (Phi) is 2.88. The fraction of sp³-hybridized carbons (Fsp3) is 0.875. The quantitative estimate of drug-likeness (QED) is 0.633. The second-order valence-corrected chi connectivity index (χ2v) is 2.97. The SMILES string of the molecule is CCC(=O)N(C)C1CCCN1. The van der Waals surface area contributed by atoms with Crippen molar-refractivity contribution in [2.45, 2.75) is 32.4 Å². The summed E-state index contributed by atoms with van der Waals surface area (Å²) in [4.78, 5) is 13.0. The minimum Gasteiger partial charge on any atom is -0.330 e. The summed E-state index contributed by atoms with van der Waals surface area (Å²) >= 11 is 0. The van der Waals surface area contributed by atoms with E-state index >= 15 is 0 Å². The molecule has 64 valence electrons. The number of nitrogens with zero attached hydrogens (tertiary/aromatic N) is 1. The van der Waals surface area contributed by atoms with E-state index in [1.807, 2.05) is 18.9 Å². The van der Waals surface area contributed by atoms with Crippen LogP contribution >= 0.6 is 0 Å². The van der Waals surface area contributed by atoms with Crippen molar-refractivity contribution in [2.75, 3.05) is 13.6 Å². The molecule has 3 nitrogen and oxygen atoms in total. The van der Waals surface area contributed by atoms with Gasteiger partial charge in [-0.2, -0.15) is 0 Å². The largest absolute Gasteiger partial charge is 0.330 e. The van der Waals surface area contributed by atoms with Gasteiger partial charge in [-0.1, -0.05) is 6.92 Å². The summed E-state index contributed by atoms with van der Waals surface area (Å²) in [7, 11) is 1.87. The maximum atomic E-state index is 11.2. The summed E-state index contributed by atoms with van der Waals surface area (Å²) in [5, 5.41) is 3.28. The molecule has 1 rings (SSSR count). The molecule has 0 aliphatic carbocycles. The van der Waals surface area contributed by atoms with Crippen molar-refractivity contribution < 1.29 is 4.79 Å². The van der Waals surface area contributed by atoms with Crippen LogP contribution in [0.3, 0.4) is 0 Å². The monoisotopic (exact) mass is 156 g/mol. The van der Waals surface area contributed by atoms with Gasteiger partial charge in [0.25, 0.3) is 0 Å². The third kappa shape index (κ3) is 1.93. The standard InChI is InChI=1S/C8H16N2O/c1-3-8(11)10(2)7-5-4-6-9-7/h7,9H,3-6H2,1-2H3. The average molecular weight is 156 g/mol. The molecule has 0 saturated carbocycles. The number of carbonyl (C=O) groups excluding carboxylic acids is 1. The highest BCUT2D eigenvalue weighted by molar-refractivity contribution is 5.75. The molecular formula is C8H16N2O.